The van der Waals surface area contributed by atoms with Gasteiger partial charge in [-0.25, -0.2) is 0 Å². The Kier molecular flexibility index (Phi) is 11.8. The van der Waals surface area contributed by atoms with Gasteiger partial charge in [-0.2, -0.15) is 0 Å². The molecule has 0 rings (SSSR count). The third-order valence-electron chi connectivity index (χ3n) is 3.11. The maximum atomic E-state index is 11.7. The molecule has 0 radical (unpaired) electrons. The number of aliphatic hydroxyl groups excluding tert-OH is 1. The van der Waals surface area contributed by atoms with Crippen LogP contribution in [0, 0.1) is 17.8 Å². The Bertz CT molecular complexity index is 223. The summed E-state index contributed by atoms with van der Waals surface area (Å²) in [5.74, 6) is 0.772. The first-order valence-electron chi connectivity index (χ1n) is 6.52. The number of halogens is 1. The van der Waals surface area contributed by atoms with Crippen molar-refractivity contribution < 1.29 is 9.90 Å². The van der Waals surface area contributed by atoms with E-state index >= 15 is 0 Å². The molecule has 0 aromatic heterocycles. The van der Waals surface area contributed by atoms with Crippen LogP contribution >= 0.6 is 12.4 Å². The van der Waals surface area contributed by atoms with Gasteiger partial charge in [-0.15, -0.1) is 12.4 Å². The minimum atomic E-state index is -0.163. The summed E-state index contributed by atoms with van der Waals surface area (Å²) in [6, 6.07) is -0.128. The molecule has 4 nitrogen and oxygen atoms in total. The van der Waals surface area contributed by atoms with Gasteiger partial charge in [0.2, 0.25) is 5.91 Å². The second-order valence-corrected chi connectivity index (χ2v) is 5.40. The number of amides is 1. The third-order valence-corrected chi connectivity index (χ3v) is 3.11. The van der Waals surface area contributed by atoms with E-state index in [0.717, 1.165) is 12.8 Å². The van der Waals surface area contributed by atoms with Gasteiger partial charge in [-0.1, -0.05) is 20.8 Å². The summed E-state index contributed by atoms with van der Waals surface area (Å²) >= 11 is 0. The van der Waals surface area contributed by atoms with Crippen LogP contribution in [0.3, 0.4) is 0 Å². The molecule has 0 spiro atoms. The fourth-order valence-electron chi connectivity index (χ4n) is 1.80. The predicted octanol–water partition coefficient (Wildman–Crippen LogP) is 1.55. The molecule has 110 valence electrons. The molecule has 5 heteroatoms. The molecule has 0 heterocycles. The van der Waals surface area contributed by atoms with Crippen LogP contribution in [0.2, 0.25) is 0 Å². The maximum Gasteiger partial charge on any atom is 0.224 e. The standard InChI is InChI=1S/C13H28N2O2.ClH/c1-9(2)7-12(5-6-16)8-15-13(17)10(3)11(4)14;/h9-12,16H,5-8,14H2,1-4H3,(H,15,17);1H. The monoisotopic (exact) mass is 280 g/mol. The largest absolute Gasteiger partial charge is 0.396 e. The number of nitrogens with one attached hydrogen (secondary N) is 1. The molecule has 0 aliphatic rings. The molecule has 18 heavy (non-hydrogen) atoms. The fourth-order valence-corrected chi connectivity index (χ4v) is 1.80. The van der Waals surface area contributed by atoms with E-state index < -0.39 is 0 Å². The van der Waals surface area contributed by atoms with Gasteiger partial charge in [0.05, 0.1) is 0 Å². The average molecular weight is 281 g/mol. The molecular weight excluding hydrogens is 252 g/mol. The topological polar surface area (TPSA) is 75.3 Å². The van der Waals surface area contributed by atoms with Gasteiger partial charge in [-0.05, 0) is 31.6 Å². The lowest BCUT2D eigenvalue weighted by Crippen LogP contribution is -2.40. The van der Waals surface area contributed by atoms with Crippen LogP contribution in [0.4, 0.5) is 0 Å². The molecule has 0 aromatic carbocycles. The second kappa shape index (κ2) is 10.6. The molecular formula is C13H29ClN2O2. The summed E-state index contributed by atoms with van der Waals surface area (Å²) in [5, 5.41) is 11.9. The van der Waals surface area contributed by atoms with Gasteiger partial charge in [-0.3, -0.25) is 4.79 Å². The molecule has 0 saturated carbocycles. The van der Waals surface area contributed by atoms with Crippen molar-refractivity contribution in [2.45, 2.75) is 46.6 Å². The highest BCUT2D eigenvalue weighted by Gasteiger charge is 2.18. The molecule has 3 unspecified atom stereocenters. The van der Waals surface area contributed by atoms with Crippen LogP contribution in [0.1, 0.15) is 40.5 Å². The highest BCUT2D eigenvalue weighted by Crippen LogP contribution is 2.14. The molecule has 0 fully saturated rings. The second-order valence-electron chi connectivity index (χ2n) is 5.40. The molecule has 4 N–H and O–H groups in total. The lowest BCUT2D eigenvalue weighted by atomic mass is 9.94. The van der Waals surface area contributed by atoms with E-state index in [1.54, 1.807) is 0 Å². The molecule has 1 amide bonds. The lowest BCUT2D eigenvalue weighted by molar-refractivity contribution is -0.125. The summed E-state index contributed by atoms with van der Waals surface area (Å²) in [4.78, 5) is 11.7. The van der Waals surface area contributed by atoms with Crippen LogP contribution in [0.15, 0.2) is 0 Å². The van der Waals surface area contributed by atoms with Gasteiger partial charge in [0.1, 0.15) is 0 Å². The number of nitrogens with two attached hydrogens (primary N) is 1. The van der Waals surface area contributed by atoms with E-state index in [1.807, 2.05) is 13.8 Å². The average Bonchev–Trinajstić information content (AvgIpc) is 2.23. The van der Waals surface area contributed by atoms with Gasteiger partial charge in [0.15, 0.2) is 0 Å². The zero-order chi connectivity index (χ0) is 13.4. The Hall–Kier alpha value is -0.320. The molecule has 0 bridgehead atoms. The summed E-state index contributed by atoms with van der Waals surface area (Å²) < 4.78 is 0. The maximum absolute atomic E-state index is 11.7. The van der Waals surface area contributed by atoms with Crippen LogP contribution < -0.4 is 11.1 Å². The highest BCUT2D eigenvalue weighted by molar-refractivity contribution is 5.85. The molecule has 0 aliphatic carbocycles. The van der Waals surface area contributed by atoms with E-state index in [-0.39, 0.29) is 36.9 Å². The van der Waals surface area contributed by atoms with Crippen LogP contribution in [-0.2, 0) is 4.79 Å². The van der Waals surface area contributed by atoms with Crippen molar-refractivity contribution in [1.82, 2.24) is 5.32 Å². The predicted molar refractivity (Wildman–Crippen MR) is 77.7 cm³/mol. The first kappa shape index (κ1) is 20.0. The smallest absolute Gasteiger partial charge is 0.224 e. The van der Waals surface area contributed by atoms with E-state index in [0.29, 0.717) is 18.4 Å². The zero-order valence-electron chi connectivity index (χ0n) is 12.0. The van der Waals surface area contributed by atoms with E-state index in [9.17, 15) is 4.79 Å². The van der Waals surface area contributed by atoms with Crippen molar-refractivity contribution in [3.63, 3.8) is 0 Å². The fraction of sp³-hybridized carbons (Fsp3) is 0.923. The number of rotatable bonds is 8. The van der Waals surface area contributed by atoms with E-state index in [4.69, 9.17) is 10.8 Å². The molecule has 0 saturated heterocycles. The first-order valence-corrected chi connectivity index (χ1v) is 6.52. The van der Waals surface area contributed by atoms with E-state index in [2.05, 4.69) is 19.2 Å². The quantitative estimate of drug-likeness (QED) is 0.631. The molecule has 3 atom stereocenters. The van der Waals surface area contributed by atoms with Crippen molar-refractivity contribution in [3.8, 4) is 0 Å². The number of hydrogen-bond donors (Lipinski definition) is 3. The lowest BCUT2D eigenvalue weighted by Gasteiger charge is -2.21. The summed E-state index contributed by atoms with van der Waals surface area (Å²) in [5.41, 5.74) is 5.68. The molecule has 0 aromatic rings. The Morgan fingerprint density at radius 1 is 1.28 bits per heavy atom. The first-order chi connectivity index (χ1) is 7.88. The zero-order valence-corrected chi connectivity index (χ0v) is 12.8. The summed E-state index contributed by atoms with van der Waals surface area (Å²) in [6.07, 6.45) is 1.76. The Morgan fingerprint density at radius 3 is 2.22 bits per heavy atom. The number of carbonyl (C=O) groups excluding carboxylic acids is 1. The van der Waals surface area contributed by atoms with Crippen molar-refractivity contribution >= 4 is 18.3 Å². The van der Waals surface area contributed by atoms with Crippen LogP contribution in [0.5, 0.6) is 0 Å². The summed E-state index contributed by atoms with van der Waals surface area (Å²) in [6.45, 7) is 8.78. The number of hydrogen-bond acceptors (Lipinski definition) is 3. The van der Waals surface area contributed by atoms with Crippen molar-refractivity contribution in [2.75, 3.05) is 13.2 Å². The summed E-state index contributed by atoms with van der Waals surface area (Å²) in [7, 11) is 0. The van der Waals surface area contributed by atoms with Crippen molar-refractivity contribution in [1.29, 1.82) is 0 Å². The van der Waals surface area contributed by atoms with Crippen molar-refractivity contribution in [3.05, 3.63) is 0 Å². The van der Waals surface area contributed by atoms with Gasteiger partial charge in [0, 0.05) is 25.1 Å². The number of carbonyl (C=O) groups is 1. The minimum absolute atomic E-state index is 0. The normalized spacial score (nSPS) is 15.7. The Labute approximate surface area is 117 Å². The number of aliphatic hydroxyl groups is 1. The Balaban J connectivity index is 0. The third kappa shape index (κ3) is 8.72. The van der Waals surface area contributed by atoms with Gasteiger partial charge >= 0.3 is 0 Å². The Morgan fingerprint density at radius 2 is 1.83 bits per heavy atom. The van der Waals surface area contributed by atoms with Crippen LogP contribution in [0.25, 0.3) is 0 Å². The van der Waals surface area contributed by atoms with Crippen molar-refractivity contribution in [2.24, 2.45) is 23.5 Å². The van der Waals surface area contributed by atoms with Gasteiger partial charge < -0.3 is 16.2 Å². The molecule has 0 aliphatic heterocycles. The highest BCUT2D eigenvalue weighted by atomic mass is 35.5. The minimum Gasteiger partial charge on any atom is -0.396 e. The van der Waals surface area contributed by atoms with Crippen LogP contribution in [-0.4, -0.2) is 30.2 Å². The van der Waals surface area contributed by atoms with E-state index in [1.165, 1.54) is 0 Å². The van der Waals surface area contributed by atoms with Gasteiger partial charge in [0.25, 0.3) is 0 Å². The SMILES string of the molecule is CC(C)CC(CCO)CNC(=O)C(C)C(C)N.Cl.